The van der Waals surface area contributed by atoms with Crippen LogP contribution >= 0.6 is 0 Å². The minimum atomic E-state index is 0.372. The van der Waals surface area contributed by atoms with Gasteiger partial charge in [0.05, 0.1) is 6.61 Å². The fourth-order valence-electron chi connectivity index (χ4n) is 2.18. The predicted octanol–water partition coefficient (Wildman–Crippen LogP) is 2.35. The predicted molar refractivity (Wildman–Crippen MR) is 68.3 cm³/mol. The summed E-state index contributed by atoms with van der Waals surface area (Å²) >= 11 is 0. The first kappa shape index (κ1) is 12.4. The van der Waals surface area contributed by atoms with E-state index in [1.54, 1.807) is 7.11 Å². The van der Waals surface area contributed by atoms with Crippen LogP contribution in [0.1, 0.15) is 25.3 Å². The van der Waals surface area contributed by atoms with Crippen LogP contribution in [0.5, 0.6) is 5.75 Å². The van der Waals surface area contributed by atoms with Gasteiger partial charge < -0.3 is 14.8 Å². The molecule has 3 nitrogen and oxygen atoms in total. The van der Waals surface area contributed by atoms with Crippen molar-refractivity contribution in [2.75, 3.05) is 13.7 Å². The molecule has 1 aromatic rings. The van der Waals surface area contributed by atoms with Crippen LogP contribution in [0.2, 0.25) is 0 Å². The lowest BCUT2D eigenvalue weighted by atomic mass is 9.89. The molecule has 1 saturated carbocycles. The third kappa shape index (κ3) is 3.45. The van der Waals surface area contributed by atoms with Crippen molar-refractivity contribution in [1.82, 2.24) is 5.32 Å². The van der Waals surface area contributed by atoms with Crippen molar-refractivity contribution >= 4 is 0 Å². The molecule has 0 amide bonds. The summed E-state index contributed by atoms with van der Waals surface area (Å²) in [5.74, 6) is 0.958. The molecule has 0 unspecified atom stereocenters. The fourth-order valence-corrected chi connectivity index (χ4v) is 2.18. The van der Waals surface area contributed by atoms with E-state index in [9.17, 15) is 0 Å². The van der Waals surface area contributed by atoms with Crippen LogP contribution in [-0.2, 0) is 11.3 Å². The van der Waals surface area contributed by atoms with Gasteiger partial charge in [0.25, 0.3) is 0 Å². The molecule has 0 bridgehead atoms. The van der Waals surface area contributed by atoms with Crippen LogP contribution in [0.4, 0.5) is 0 Å². The van der Waals surface area contributed by atoms with E-state index in [2.05, 4.69) is 24.4 Å². The van der Waals surface area contributed by atoms with Gasteiger partial charge in [-0.25, -0.2) is 0 Å². The Morgan fingerprint density at radius 1 is 1.35 bits per heavy atom. The summed E-state index contributed by atoms with van der Waals surface area (Å²) in [5, 5.41) is 3.43. The second kappa shape index (κ2) is 6.03. The summed E-state index contributed by atoms with van der Waals surface area (Å²) in [5.41, 5.74) is 1.16. The van der Waals surface area contributed by atoms with E-state index in [0.717, 1.165) is 30.7 Å². The molecule has 1 fully saturated rings. The summed E-state index contributed by atoms with van der Waals surface area (Å²) in [6, 6.07) is 8.79. The Balaban J connectivity index is 1.81. The van der Waals surface area contributed by atoms with E-state index in [1.165, 1.54) is 0 Å². The van der Waals surface area contributed by atoms with Crippen LogP contribution < -0.4 is 10.1 Å². The van der Waals surface area contributed by atoms with Gasteiger partial charge in [-0.15, -0.1) is 0 Å². The number of rotatable bonds is 6. The lowest BCUT2D eigenvalue weighted by Gasteiger charge is -2.35. The van der Waals surface area contributed by atoms with Gasteiger partial charge in [-0.1, -0.05) is 19.1 Å². The maximum atomic E-state index is 5.92. The topological polar surface area (TPSA) is 30.5 Å². The van der Waals surface area contributed by atoms with Crippen LogP contribution in [-0.4, -0.2) is 25.8 Å². The van der Waals surface area contributed by atoms with Gasteiger partial charge in [0.15, 0.2) is 0 Å². The molecule has 0 heterocycles. The molecule has 1 aromatic carbocycles. The van der Waals surface area contributed by atoms with E-state index < -0.39 is 0 Å². The average molecular weight is 235 g/mol. The summed E-state index contributed by atoms with van der Waals surface area (Å²) < 4.78 is 11.0. The highest BCUT2D eigenvalue weighted by molar-refractivity contribution is 5.28. The van der Waals surface area contributed by atoms with E-state index in [1.807, 2.05) is 12.1 Å². The minimum Gasteiger partial charge on any atom is -0.490 e. The van der Waals surface area contributed by atoms with Crippen molar-refractivity contribution in [2.24, 2.45) is 0 Å². The summed E-state index contributed by atoms with van der Waals surface area (Å²) in [6.07, 6.45) is 2.60. The summed E-state index contributed by atoms with van der Waals surface area (Å²) in [7, 11) is 1.71. The highest BCUT2D eigenvalue weighted by Gasteiger charge is 2.29. The third-order valence-corrected chi connectivity index (χ3v) is 3.10. The molecule has 94 valence electrons. The van der Waals surface area contributed by atoms with Crippen molar-refractivity contribution < 1.29 is 9.47 Å². The Morgan fingerprint density at radius 3 is 2.88 bits per heavy atom. The first-order valence-electron chi connectivity index (χ1n) is 6.29. The number of hydrogen-bond donors (Lipinski definition) is 1. The third-order valence-electron chi connectivity index (χ3n) is 3.10. The van der Waals surface area contributed by atoms with Crippen molar-refractivity contribution in [3.63, 3.8) is 0 Å². The highest BCUT2D eigenvalue weighted by Crippen LogP contribution is 2.26. The summed E-state index contributed by atoms with van der Waals surface area (Å²) in [6.45, 7) is 3.82. The maximum absolute atomic E-state index is 5.92. The summed E-state index contributed by atoms with van der Waals surface area (Å²) in [4.78, 5) is 0. The zero-order valence-electron chi connectivity index (χ0n) is 10.6. The number of benzene rings is 1. The van der Waals surface area contributed by atoms with Gasteiger partial charge >= 0.3 is 0 Å². The zero-order valence-corrected chi connectivity index (χ0v) is 10.6. The number of ether oxygens (including phenoxy) is 2. The molecule has 0 saturated heterocycles. The smallest absolute Gasteiger partial charge is 0.120 e. The molecule has 17 heavy (non-hydrogen) atoms. The van der Waals surface area contributed by atoms with Crippen molar-refractivity contribution in [2.45, 2.75) is 38.5 Å². The Kier molecular flexibility index (Phi) is 4.40. The Hall–Kier alpha value is -1.06. The maximum Gasteiger partial charge on any atom is 0.120 e. The first-order valence-corrected chi connectivity index (χ1v) is 6.29. The molecule has 0 radical (unpaired) electrons. The molecule has 1 N–H and O–H groups in total. The molecular formula is C14H21NO2. The van der Waals surface area contributed by atoms with E-state index >= 15 is 0 Å². The van der Waals surface area contributed by atoms with Crippen molar-refractivity contribution in [3.05, 3.63) is 29.8 Å². The Labute approximate surface area is 103 Å². The van der Waals surface area contributed by atoms with E-state index in [0.29, 0.717) is 18.8 Å². The molecule has 2 rings (SSSR count). The van der Waals surface area contributed by atoms with Crippen molar-refractivity contribution in [3.8, 4) is 5.75 Å². The average Bonchev–Trinajstić information content (AvgIpc) is 2.27. The Morgan fingerprint density at radius 2 is 2.18 bits per heavy atom. The fraction of sp³-hybridized carbons (Fsp3) is 0.571. The second-order valence-corrected chi connectivity index (χ2v) is 4.55. The number of nitrogens with one attached hydrogen (secondary N) is 1. The highest BCUT2D eigenvalue weighted by atomic mass is 16.5. The molecule has 1 aliphatic rings. The monoisotopic (exact) mass is 235 g/mol. The van der Waals surface area contributed by atoms with Gasteiger partial charge in [0.1, 0.15) is 11.9 Å². The lowest BCUT2D eigenvalue weighted by Crippen LogP contribution is -2.46. The molecule has 0 atom stereocenters. The molecule has 0 aliphatic heterocycles. The first-order chi connectivity index (χ1) is 8.31. The van der Waals surface area contributed by atoms with Gasteiger partial charge in [0, 0.05) is 13.2 Å². The molecular weight excluding hydrogens is 214 g/mol. The number of methoxy groups -OCH3 is 1. The van der Waals surface area contributed by atoms with E-state index in [4.69, 9.17) is 9.47 Å². The molecule has 0 aromatic heterocycles. The lowest BCUT2D eigenvalue weighted by molar-refractivity contribution is 0.0856. The molecule has 3 heteroatoms. The Bertz CT molecular complexity index is 348. The van der Waals surface area contributed by atoms with E-state index in [-0.39, 0.29) is 0 Å². The minimum absolute atomic E-state index is 0.372. The van der Waals surface area contributed by atoms with Gasteiger partial charge in [-0.3, -0.25) is 0 Å². The van der Waals surface area contributed by atoms with Gasteiger partial charge in [-0.2, -0.15) is 0 Å². The van der Waals surface area contributed by atoms with Crippen LogP contribution in [0, 0.1) is 0 Å². The normalized spacial score (nSPS) is 23.2. The standard InChI is InChI=1S/C14H21NO2/c1-3-15-12-8-14(9-12)17-13-6-4-5-11(7-13)10-16-2/h4-7,12,14-15H,3,8-10H2,1-2H3. The van der Waals surface area contributed by atoms with Gasteiger partial charge in [0.2, 0.25) is 0 Å². The molecule has 1 aliphatic carbocycles. The zero-order chi connectivity index (χ0) is 12.1. The van der Waals surface area contributed by atoms with Gasteiger partial charge in [-0.05, 0) is 37.1 Å². The molecule has 0 spiro atoms. The SMILES string of the molecule is CCNC1CC(Oc2cccc(COC)c2)C1. The number of hydrogen-bond acceptors (Lipinski definition) is 3. The van der Waals surface area contributed by atoms with Crippen LogP contribution in [0.25, 0.3) is 0 Å². The quantitative estimate of drug-likeness (QED) is 0.821. The van der Waals surface area contributed by atoms with Crippen LogP contribution in [0.15, 0.2) is 24.3 Å². The van der Waals surface area contributed by atoms with Crippen molar-refractivity contribution in [1.29, 1.82) is 0 Å². The van der Waals surface area contributed by atoms with Crippen LogP contribution in [0.3, 0.4) is 0 Å². The largest absolute Gasteiger partial charge is 0.490 e. The second-order valence-electron chi connectivity index (χ2n) is 4.55.